The van der Waals surface area contributed by atoms with Crippen molar-refractivity contribution in [3.63, 3.8) is 0 Å². The minimum absolute atomic E-state index is 0.214. The Morgan fingerprint density at radius 1 is 1.00 bits per heavy atom. The number of carbonyl (C=O) groups excluding carboxylic acids is 1. The van der Waals surface area contributed by atoms with Crippen molar-refractivity contribution >= 4 is 5.91 Å². The van der Waals surface area contributed by atoms with Gasteiger partial charge >= 0.3 is 0 Å². The summed E-state index contributed by atoms with van der Waals surface area (Å²) in [6, 6.07) is 16.4. The Hall–Kier alpha value is -2.53. The van der Waals surface area contributed by atoms with Crippen LogP contribution in [-0.4, -0.2) is 48.7 Å². The Morgan fingerprint density at radius 3 is 2.50 bits per heavy atom. The van der Waals surface area contributed by atoms with E-state index in [4.69, 9.17) is 9.47 Å². The van der Waals surface area contributed by atoms with Gasteiger partial charge in [-0.25, -0.2) is 0 Å². The Kier molecular flexibility index (Phi) is 4.80. The van der Waals surface area contributed by atoms with Crippen LogP contribution in [0, 0.1) is 0 Å². The van der Waals surface area contributed by atoms with E-state index in [1.807, 2.05) is 41.3 Å². The third kappa shape index (κ3) is 3.53. The number of ether oxygens (including phenoxy) is 2. The van der Waals surface area contributed by atoms with Crippen molar-refractivity contribution < 1.29 is 14.3 Å². The zero-order valence-corrected chi connectivity index (χ0v) is 15.1. The Labute approximate surface area is 154 Å². The largest absolute Gasteiger partial charge is 0.454 e. The molecule has 26 heavy (non-hydrogen) atoms. The van der Waals surface area contributed by atoms with Gasteiger partial charge in [-0.2, -0.15) is 0 Å². The van der Waals surface area contributed by atoms with Crippen LogP contribution >= 0.6 is 0 Å². The van der Waals surface area contributed by atoms with Crippen molar-refractivity contribution in [3.05, 3.63) is 59.7 Å². The molecule has 1 fully saturated rings. The molecule has 1 atom stereocenters. The van der Waals surface area contributed by atoms with E-state index in [0.29, 0.717) is 13.2 Å². The van der Waals surface area contributed by atoms with Crippen LogP contribution < -0.4 is 9.47 Å². The Bertz CT molecular complexity index is 770. The van der Waals surface area contributed by atoms with Gasteiger partial charge in [0, 0.05) is 32.2 Å². The van der Waals surface area contributed by atoms with Crippen LogP contribution in [0.2, 0.25) is 0 Å². The van der Waals surface area contributed by atoms with Crippen LogP contribution in [0.15, 0.2) is 48.5 Å². The molecule has 0 aliphatic carbocycles. The van der Waals surface area contributed by atoms with Gasteiger partial charge in [-0.1, -0.05) is 36.4 Å². The third-order valence-corrected chi connectivity index (χ3v) is 5.29. The SMILES string of the molecule is CC(c1ccc2c(c1)OCO2)N1CCN(C(=O)Cc2ccccc2)CC1. The lowest BCUT2D eigenvalue weighted by Crippen LogP contribution is -2.49. The smallest absolute Gasteiger partial charge is 0.231 e. The summed E-state index contributed by atoms with van der Waals surface area (Å²) in [5.41, 5.74) is 2.30. The lowest BCUT2D eigenvalue weighted by Gasteiger charge is -2.38. The summed E-state index contributed by atoms with van der Waals surface area (Å²) in [7, 11) is 0. The molecule has 136 valence electrons. The summed E-state index contributed by atoms with van der Waals surface area (Å²) >= 11 is 0. The summed E-state index contributed by atoms with van der Waals surface area (Å²) in [5.74, 6) is 1.86. The quantitative estimate of drug-likeness (QED) is 0.849. The predicted molar refractivity (Wildman–Crippen MR) is 99.3 cm³/mol. The van der Waals surface area contributed by atoms with Crippen molar-refractivity contribution in [1.82, 2.24) is 9.80 Å². The first-order valence-electron chi connectivity index (χ1n) is 9.16. The molecule has 1 amide bonds. The van der Waals surface area contributed by atoms with Crippen molar-refractivity contribution in [1.29, 1.82) is 0 Å². The highest BCUT2D eigenvalue weighted by Gasteiger charge is 2.25. The van der Waals surface area contributed by atoms with Gasteiger partial charge in [0.15, 0.2) is 11.5 Å². The number of piperazine rings is 1. The first-order valence-corrected chi connectivity index (χ1v) is 9.16. The van der Waals surface area contributed by atoms with Crippen molar-refractivity contribution in [3.8, 4) is 11.5 Å². The topological polar surface area (TPSA) is 42.0 Å². The van der Waals surface area contributed by atoms with Gasteiger partial charge in [0.1, 0.15) is 0 Å². The van der Waals surface area contributed by atoms with E-state index >= 15 is 0 Å². The number of benzene rings is 2. The average Bonchev–Trinajstić information content (AvgIpc) is 3.16. The molecule has 2 aliphatic rings. The average molecular weight is 352 g/mol. The molecule has 2 aromatic carbocycles. The van der Waals surface area contributed by atoms with Gasteiger partial charge in [0.05, 0.1) is 6.42 Å². The van der Waals surface area contributed by atoms with E-state index in [0.717, 1.165) is 43.2 Å². The second-order valence-corrected chi connectivity index (χ2v) is 6.87. The number of rotatable bonds is 4. The van der Waals surface area contributed by atoms with Crippen LogP contribution in [0.3, 0.4) is 0 Å². The molecule has 5 nitrogen and oxygen atoms in total. The Morgan fingerprint density at radius 2 is 1.73 bits per heavy atom. The maximum Gasteiger partial charge on any atom is 0.231 e. The molecule has 2 heterocycles. The molecule has 0 saturated carbocycles. The number of nitrogens with zero attached hydrogens (tertiary/aromatic N) is 2. The molecule has 1 saturated heterocycles. The van der Waals surface area contributed by atoms with Crippen LogP contribution in [0.5, 0.6) is 11.5 Å². The van der Waals surface area contributed by atoms with E-state index in [9.17, 15) is 4.79 Å². The van der Waals surface area contributed by atoms with Gasteiger partial charge in [-0.3, -0.25) is 9.69 Å². The van der Waals surface area contributed by atoms with Gasteiger partial charge in [-0.15, -0.1) is 0 Å². The minimum Gasteiger partial charge on any atom is -0.454 e. The summed E-state index contributed by atoms with van der Waals surface area (Å²) in [5, 5.41) is 0. The lowest BCUT2D eigenvalue weighted by molar-refractivity contribution is -0.132. The second kappa shape index (κ2) is 7.38. The van der Waals surface area contributed by atoms with Gasteiger partial charge in [0.2, 0.25) is 12.7 Å². The summed E-state index contributed by atoms with van der Waals surface area (Å²) in [6.45, 7) is 5.84. The predicted octanol–water partition coefficient (Wildman–Crippen LogP) is 2.86. The van der Waals surface area contributed by atoms with E-state index < -0.39 is 0 Å². The molecule has 0 aromatic heterocycles. The fourth-order valence-corrected chi connectivity index (χ4v) is 3.62. The standard InChI is InChI=1S/C21H24N2O3/c1-16(18-7-8-19-20(14-18)26-15-25-19)22-9-11-23(12-10-22)21(24)13-17-5-3-2-4-6-17/h2-8,14,16H,9-13,15H2,1H3. The molecule has 2 aromatic rings. The molecule has 0 bridgehead atoms. The molecule has 0 N–H and O–H groups in total. The maximum atomic E-state index is 12.5. The number of amides is 1. The molecule has 2 aliphatic heterocycles. The van der Waals surface area contributed by atoms with Crippen LogP contribution in [-0.2, 0) is 11.2 Å². The van der Waals surface area contributed by atoms with E-state index in [1.54, 1.807) is 0 Å². The fourth-order valence-electron chi connectivity index (χ4n) is 3.62. The molecule has 1 unspecified atom stereocenters. The highest BCUT2D eigenvalue weighted by Crippen LogP contribution is 2.35. The number of carbonyl (C=O) groups is 1. The van der Waals surface area contributed by atoms with Crippen molar-refractivity contribution in [2.24, 2.45) is 0 Å². The van der Waals surface area contributed by atoms with E-state index in [2.05, 4.69) is 24.0 Å². The Balaban J connectivity index is 1.33. The number of hydrogen-bond acceptors (Lipinski definition) is 4. The summed E-state index contributed by atoms with van der Waals surface area (Å²) in [4.78, 5) is 16.9. The van der Waals surface area contributed by atoms with E-state index in [1.165, 1.54) is 5.56 Å². The fraction of sp³-hybridized carbons (Fsp3) is 0.381. The zero-order chi connectivity index (χ0) is 17.9. The van der Waals surface area contributed by atoms with E-state index in [-0.39, 0.29) is 11.9 Å². The monoisotopic (exact) mass is 352 g/mol. The normalized spacial score (nSPS) is 18.0. The highest BCUT2D eigenvalue weighted by atomic mass is 16.7. The first kappa shape index (κ1) is 16.9. The summed E-state index contributed by atoms with van der Waals surface area (Å²) < 4.78 is 10.9. The van der Waals surface area contributed by atoms with Crippen LogP contribution in [0.4, 0.5) is 0 Å². The van der Waals surface area contributed by atoms with Crippen LogP contribution in [0.25, 0.3) is 0 Å². The number of fused-ring (bicyclic) bond motifs is 1. The van der Waals surface area contributed by atoms with Gasteiger partial charge in [-0.05, 0) is 30.2 Å². The third-order valence-electron chi connectivity index (χ3n) is 5.29. The molecule has 4 rings (SSSR count). The van der Waals surface area contributed by atoms with Crippen molar-refractivity contribution in [2.45, 2.75) is 19.4 Å². The van der Waals surface area contributed by atoms with Crippen molar-refractivity contribution in [2.75, 3.05) is 33.0 Å². The maximum absolute atomic E-state index is 12.5. The van der Waals surface area contributed by atoms with Gasteiger partial charge in [0.25, 0.3) is 0 Å². The molecular weight excluding hydrogens is 328 g/mol. The van der Waals surface area contributed by atoms with Crippen LogP contribution in [0.1, 0.15) is 24.1 Å². The molecule has 5 heteroatoms. The minimum atomic E-state index is 0.214. The lowest BCUT2D eigenvalue weighted by atomic mass is 10.0. The molecular formula is C21H24N2O3. The highest BCUT2D eigenvalue weighted by molar-refractivity contribution is 5.78. The van der Waals surface area contributed by atoms with Gasteiger partial charge < -0.3 is 14.4 Å². The summed E-state index contributed by atoms with van der Waals surface area (Å²) in [6.07, 6.45) is 0.485. The first-order chi connectivity index (χ1) is 12.7. The molecule has 0 spiro atoms. The number of hydrogen-bond donors (Lipinski definition) is 0. The second-order valence-electron chi connectivity index (χ2n) is 6.87. The zero-order valence-electron chi connectivity index (χ0n) is 15.1. The molecule has 0 radical (unpaired) electrons.